The Labute approximate surface area is 254 Å². The molecule has 6 atom stereocenters. The van der Waals surface area contributed by atoms with Crippen molar-refractivity contribution in [1.29, 1.82) is 0 Å². The predicted molar refractivity (Wildman–Crippen MR) is 160 cm³/mol. The van der Waals surface area contributed by atoms with Crippen LogP contribution in [0.25, 0.3) is 11.1 Å². The Morgan fingerprint density at radius 1 is 1.09 bits per heavy atom. The molecule has 6 N–H and O–H groups in total. The van der Waals surface area contributed by atoms with Gasteiger partial charge in [0.25, 0.3) is 5.91 Å². The van der Waals surface area contributed by atoms with E-state index in [2.05, 4.69) is 16.0 Å². The van der Waals surface area contributed by atoms with Crippen molar-refractivity contribution in [3.8, 4) is 11.1 Å². The monoisotopic (exact) mass is 617 g/mol. The minimum atomic E-state index is -1.92. The molecule has 1 saturated heterocycles. The van der Waals surface area contributed by atoms with Crippen molar-refractivity contribution in [2.24, 2.45) is 0 Å². The first-order valence-corrected chi connectivity index (χ1v) is 15.1. The molecule has 2 aromatic rings. The standard InChI is InChI=1S/C30H39N3O9S/c1-20(36)33-26-24(37)16-30(18-34,41-13-5-14-43-15-12-31-19-35)42-28(26)27(39)25(38)17-32-29(40)23-10-8-22(9-11-23)21-6-3-2-4-7-21/h2-4,6-11,18-19,24-28,37-39H,5,12-17H2,1H3,(H,31,35)(H,32,40)(H,33,36)/t24-,25+,26+,27+,28+,30+/m0/s1. The second-order valence-electron chi connectivity index (χ2n) is 10.1. The van der Waals surface area contributed by atoms with Gasteiger partial charge in [-0.15, -0.1) is 0 Å². The van der Waals surface area contributed by atoms with Gasteiger partial charge in [0.1, 0.15) is 12.2 Å². The summed E-state index contributed by atoms with van der Waals surface area (Å²) in [6.45, 7) is 1.45. The van der Waals surface area contributed by atoms with E-state index in [0.29, 0.717) is 42.7 Å². The van der Waals surface area contributed by atoms with E-state index in [0.717, 1.165) is 11.1 Å². The van der Waals surface area contributed by atoms with Gasteiger partial charge in [-0.2, -0.15) is 11.8 Å². The summed E-state index contributed by atoms with van der Waals surface area (Å²) < 4.78 is 11.6. The molecule has 0 unspecified atom stereocenters. The molecule has 0 saturated carbocycles. The summed E-state index contributed by atoms with van der Waals surface area (Å²) in [5.74, 6) is -1.56. The lowest BCUT2D eigenvalue weighted by atomic mass is 9.88. The molecular weight excluding hydrogens is 578 g/mol. The van der Waals surface area contributed by atoms with Crippen molar-refractivity contribution < 1.29 is 44.0 Å². The third-order valence-electron chi connectivity index (χ3n) is 6.86. The number of benzene rings is 2. The number of ether oxygens (including phenoxy) is 2. The lowest BCUT2D eigenvalue weighted by Crippen LogP contribution is -2.66. The van der Waals surface area contributed by atoms with E-state index in [1.165, 1.54) is 6.92 Å². The fourth-order valence-corrected chi connectivity index (χ4v) is 5.46. The maximum Gasteiger partial charge on any atom is 0.251 e. The SMILES string of the molecule is CC(=O)N[C@H]1[C@H]([C@H](O)[C@H](O)CNC(=O)c2ccc(-c3ccccc3)cc2)O[C@](C=O)(OCCCSCCNC=O)C[C@@H]1O. The van der Waals surface area contributed by atoms with Gasteiger partial charge < -0.3 is 40.7 Å². The number of thioether (sulfide) groups is 1. The number of aldehydes is 1. The van der Waals surface area contributed by atoms with E-state index in [4.69, 9.17) is 9.47 Å². The number of rotatable bonds is 17. The molecule has 0 spiro atoms. The largest absolute Gasteiger partial charge is 0.391 e. The molecule has 1 fully saturated rings. The number of hydrogen-bond acceptors (Lipinski definition) is 10. The molecule has 0 aromatic heterocycles. The fraction of sp³-hybridized carbons (Fsp3) is 0.467. The quantitative estimate of drug-likeness (QED) is 0.106. The number of hydrogen-bond donors (Lipinski definition) is 6. The maximum atomic E-state index is 12.7. The van der Waals surface area contributed by atoms with Gasteiger partial charge in [0, 0.05) is 37.8 Å². The van der Waals surface area contributed by atoms with Gasteiger partial charge in [-0.1, -0.05) is 42.5 Å². The molecule has 2 aromatic carbocycles. The molecule has 13 heteroatoms. The first-order valence-electron chi connectivity index (χ1n) is 14.0. The Morgan fingerprint density at radius 3 is 2.44 bits per heavy atom. The fourth-order valence-electron chi connectivity index (χ4n) is 4.67. The Bertz CT molecular complexity index is 1190. The average Bonchev–Trinajstić information content (AvgIpc) is 3.02. The number of carbonyl (C=O) groups excluding carboxylic acids is 4. The lowest BCUT2D eigenvalue weighted by Gasteiger charge is -2.46. The highest BCUT2D eigenvalue weighted by molar-refractivity contribution is 7.99. The van der Waals surface area contributed by atoms with Crippen molar-refractivity contribution in [3.05, 3.63) is 60.2 Å². The number of nitrogens with one attached hydrogen (secondary N) is 3. The molecular formula is C30H39N3O9S. The summed E-state index contributed by atoms with van der Waals surface area (Å²) in [4.78, 5) is 47.0. The van der Waals surface area contributed by atoms with Crippen molar-refractivity contribution in [2.75, 3.05) is 31.2 Å². The summed E-state index contributed by atoms with van der Waals surface area (Å²) in [5.41, 5.74) is 2.26. The lowest BCUT2D eigenvalue weighted by molar-refractivity contribution is -0.296. The number of amides is 3. The molecule has 1 aliphatic heterocycles. The molecule has 1 heterocycles. The first kappa shape index (κ1) is 34.2. The van der Waals surface area contributed by atoms with Crippen LogP contribution < -0.4 is 16.0 Å². The van der Waals surface area contributed by atoms with E-state index in [1.807, 2.05) is 30.3 Å². The van der Waals surface area contributed by atoms with Crippen LogP contribution in [0.5, 0.6) is 0 Å². The van der Waals surface area contributed by atoms with Crippen LogP contribution >= 0.6 is 11.8 Å². The van der Waals surface area contributed by atoms with Crippen molar-refractivity contribution >= 4 is 36.3 Å². The summed E-state index contributed by atoms with van der Waals surface area (Å²) in [6.07, 6.45) is -4.88. The van der Waals surface area contributed by atoms with Crippen LogP contribution in [0.1, 0.15) is 30.1 Å². The van der Waals surface area contributed by atoms with Crippen molar-refractivity contribution in [1.82, 2.24) is 16.0 Å². The topological polar surface area (TPSA) is 184 Å². The Morgan fingerprint density at radius 2 is 1.79 bits per heavy atom. The molecule has 234 valence electrons. The van der Waals surface area contributed by atoms with Gasteiger partial charge in [-0.25, -0.2) is 0 Å². The van der Waals surface area contributed by atoms with Crippen LogP contribution in [0.15, 0.2) is 54.6 Å². The van der Waals surface area contributed by atoms with Gasteiger partial charge in [0.15, 0.2) is 6.29 Å². The zero-order valence-corrected chi connectivity index (χ0v) is 24.7. The van der Waals surface area contributed by atoms with Crippen LogP contribution in [0.2, 0.25) is 0 Å². The Balaban J connectivity index is 1.60. The summed E-state index contributed by atoms with van der Waals surface area (Å²) in [7, 11) is 0. The van der Waals surface area contributed by atoms with Gasteiger partial charge in [0.2, 0.25) is 18.1 Å². The van der Waals surface area contributed by atoms with Crippen LogP contribution in [-0.2, 0) is 23.9 Å². The highest BCUT2D eigenvalue weighted by atomic mass is 32.2. The van der Waals surface area contributed by atoms with Crippen LogP contribution in [0.3, 0.4) is 0 Å². The van der Waals surface area contributed by atoms with Crippen LogP contribution in [-0.4, -0.2) is 107 Å². The third kappa shape index (κ3) is 10.1. The highest BCUT2D eigenvalue weighted by Crippen LogP contribution is 2.32. The Hall–Kier alpha value is -3.33. The van der Waals surface area contributed by atoms with E-state index >= 15 is 0 Å². The summed E-state index contributed by atoms with van der Waals surface area (Å²) >= 11 is 1.57. The molecule has 3 rings (SSSR count). The summed E-state index contributed by atoms with van der Waals surface area (Å²) in [5, 5.41) is 40.3. The zero-order chi connectivity index (χ0) is 31.2. The second-order valence-corrected chi connectivity index (χ2v) is 11.3. The zero-order valence-electron chi connectivity index (χ0n) is 23.9. The van der Waals surface area contributed by atoms with Gasteiger partial charge in [-0.3, -0.25) is 19.2 Å². The van der Waals surface area contributed by atoms with E-state index in [1.54, 1.807) is 36.0 Å². The number of aliphatic hydroxyl groups excluding tert-OH is 3. The average molecular weight is 618 g/mol. The van der Waals surface area contributed by atoms with E-state index in [9.17, 15) is 34.5 Å². The Kier molecular flexibility index (Phi) is 13.6. The summed E-state index contributed by atoms with van der Waals surface area (Å²) in [6, 6.07) is 15.4. The molecule has 3 amide bonds. The third-order valence-corrected chi connectivity index (χ3v) is 7.93. The molecule has 12 nitrogen and oxygen atoms in total. The van der Waals surface area contributed by atoms with Gasteiger partial charge in [-0.05, 0) is 35.4 Å². The first-order chi connectivity index (χ1) is 20.7. The number of aliphatic hydroxyl groups is 3. The van der Waals surface area contributed by atoms with Gasteiger partial charge >= 0.3 is 0 Å². The minimum Gasteiger partial charge on any atom is -0.391 e. The van der Waals surface area contributed by atoms with Crippen molar-refractivity contribution in [3.63, 3.8) is 0 Å². The van der Waals surface area contributed by atoms with Crippen molar-refractivity contribution in [2.45, 2.75) is 56.0 Å². The van der Waals surface area contributed by atoms with Crippen LogP contribution in [0.4, 0.5) is 0 Å². The maximum absolute atomic E-state index is 12.7. The van der Waals surface area contributed by atoms with E-state index < -0.39 is 48.1 Å². The van der Waals surface area contributed by atoms with Crippen LogP contribution in [0, 0.1) is 0 Å². The van der Waals surface area contributed by atoms with E-state index in [-0.39, 0.29) is 19.6 Å². The highest BCUT2D eigenvalue weighted by Gasteiger charge is 2.51. The van der Waals surface area contributed by atoms with Gasteiger partial charge in [0.05, 0.1) is 24.9 Å². The minimum absolute atomic E-state index is 0.0921. The number of carbonyl (C=O) groups is 4. The smallest absolute Gasteiger partial charge is 0.251 e. The predicted octanol–water partition coefficient (Wildman–Crippen LogP) is 0.241. The molecule has 1 aliphatic rings. The molecule has 0 radical (unpaired) electrons. The molecule has 0 aliphatic carbocycles. The molecule has 43 heavy (non-hydrogen) atoms. The normalized spacial score (nSPS) is 23.0. The molecule has 0 bridgehead atoms. The second kappa shape index (κ2) is 17.1.